The highest BCUT2D eigenvalue weighted by Crippen LogP contribution is 2.20. The van der Waals surface area contributed by atoms with Crippen LogP contribution in [-0.4, -0.2) is 15.5 Å². The molecule has 0 bridgehead atoms. The summed E-state index contributed by atoms with van der Waals surface area (Å²) >= 11 is 7.19. The highest BCUT2D eigenvalue weighted by Gasteiger charge is 2.05. The van der Waals surface area contributed by atoms with Gasteiger partial charge in [0.05, 0.1) is 10.9 Å². The summed E-state index contributed by atoms with van der Waals surface area (Å²) in [4.78, 5) is 27.4. The smallest absolute Gasteiger partial charge is 0.347 e. The Bertz CT molecular complexity index is 608. The Balaban J connectivity index is 1.90. The predicted octanol–water partition coefficient (Wildman–Crippen LogP) is 1.27. The Morgan fingerprint density at radius 3 is 3.00 bits per heavy atom. The standard InChI is InChI=1S/C11H10ClN3O2S/c12-9-3-2-8(18-9)6-14-10(16)7-15-5-1-4-13-11(15)17/h1-5H,6-7H2,(H,14,16). The first-order valence-corrected chi connectivity index (χ1v) is 6.37. The van der Waals surface area contributed by atoms with Crippen LogP contribution in [0.5, 0.6) is 0 Å². The fraction of sp³-hybridized carbons (Fsp3) is 0.182. The van der Waals surface area contributed by atoms with Gasteiger partial charge in [-0.3, -0.25) is 9.36 Å². The average molecular weight is 284 g/mol. The van der Waals surface area contributed by atoms with Gasteiger partial charge >= 0.3 is 5.69 Å². The van der Waals surface area contributed by atoms with Crippen LogP contribution in [0, 0.1) is 0 Å². The Labute approximate surface area is 112 Å². The lowest BCUT2D eigenvalue weighted by atomic mass is 10.4. The van der Waals surface area contributed by atoms with Crippen molar-refractivity contribution in [3.8, 4) is 0 Å². The number of nitrogens with one attached hydrogen (secondary N) is 1. The van der Waals surface area contributed by atoms with Gasteiger partial charge in [-0.25, -0.2) is 9.78 Å². The van der Waals surface area contributed by atoms with Crippen molar-refractivity contribution in [1.29, 1.82) is 0 Å². The molecule has 0 saturated heterocycles. The molecule has 0 unspecified atom stereocenters. The largest absolute Gasteiger partial charge is 0.350 e. The van der Waals surface area contributed by atoms with Gasteiger partial charge in [-0.1, -0.05) is 11.6 Å². The highest BCUT2D eigenvalue weighted by molar-refractivity contribution is 7.16. The maximum atomic E-state index is 11.6. The van der Waals surface area contributed by atoms with E-state index in [9.17, 15) is 9.59 Å². The SMILES string of the molecule is O=C(Cn1cccnc1=O)NCc1ccc(Cl)s1. The molecule has 0 radical (unpaired) electrons. The number of aromatic nitrogens is 2. The normalized spacial score (nSPS) is 10.3. The molecule has 0 spiro atoms. The summed E-state index contributed by atoms with van der Waals surface area (Å²) in [5, 5.41) is 2.71. The van der Waals surface area contributed by atoms with Crippen LogP contribution in [0.4, 0.5) is 0 Å². The topological polar surface area (TPSA) is 64.0 Å². The molecule has 2 rings (SSSR count). The molecule has 0 aliphatic carbocycles. The number of hydrogen-bond acceptors (Lipinski definition) is 4. The van der Waals surface area contributed by atoms with Crippen LogP contribution in [-0.2, 0) is 17.9 Å². The van der Waals surface area contributed by atoms with Gasteiger partial charge in [-0.15, -0.1) is 11.3 Å². The van der Waals surface area contributed by atoms with Gasteiger partial charge in [0.25, 0.3) is 0 Å². The zero-order valence-corrected chi connectivity index (χ0v) is 10.9. The number of rotatable bonds is 4. The molecule has 0 saturated carbocycles. The lowest BCUT2D eigenvalue weighted by molar-refractivity contribution is -0.121. The number of amides is 1. The maximum Gasteiger partial charge on any atom is 0.347 e. The van der Waals surface area contributed by atoms with Gasteiger partial charge in [0.1, 0.15) is 6.54 Å². The fourth-order valence-corrected chi connectivity index (χ4v) is 2.38. The Morgan fingerprint density at radius 2 is 2.33 bits per heavy atom. The molecule has 2 aromatic heterocycles. The Morgan fingerprint density at radius 1 is 1.50 bits per heavy atom. The van der Waals surface area contributed by atoms with Crippen LogP contribution >= 0.6 is 22.9 Å². The molecule has 0 fully saturated rings. The minimum absolute atomic E-state index is 0.0359. The van der Waals surface area contributed by atoms with E-state index in [0.717, 1.165) is 4.88 Å². The van der Waals surface area contributed by atoms with Crippen molar-refractivity contribution >= 4 is 28.8 Å². The third-order valence-electron chi connectivity index (χ3n) is 2.19. The molecular weight excluding hydrogens is 274 g/mol. The monoisotopic (exact) mass is 283 g/mol. The van der Waals surface area contributed by atoms with Gasteiger partial charge in [0.2, 0.25) is 5.91 Å². The van der Waals surface area contributed by atoms with E-state index in [0.29, 0.717) is 10.9 Å². The second-order valence-electron chi connectivity index (χ2n) is 3.51. The molecule has 94 valence electrons. The molecule has 7 heteroatoms. The minimum atomic E-state index is -0.438. The second-order valence-corrected chi connectivity index (χ2v) is 5.31. The molecule has 0 aliphatic rings. The number of hydrogen-bond donors (Lipinski definition) is 1. The van der Waals surface area contributed by atoms with Crippen LogP contribution < -0.4 is 11.0 Å². The maximum absolute atomic E-state index is 11.6. The zero-order chi connectivity index (χ0) is 13.0. The van der Waals surface area contributed by atoms with Gasteiger partial charge in [0, 0.05) is 17.3 Å². The third kappa shape index (κ3) is 3.41. The summed E-state index contributed by atoms with van der Waals surface area (Å²) in [6.07, 6.45) is 2.92. The van der Waals surface area contributed by atoms with Gasteiger partial charge in [-0.2, -0.15) is 0 Å². The first-order valence-electron chi connectivity index (χ1n) is 5.17. The number of halogens is 1. The molecule has 2 aromatic rings. The summed E-state index contributed by atoms with van der Waals surface area (Å²) in [6, 6.07) is 5.23. The van der Waals surface area contributed by atoms with Gasteiger partial charge in [-0.05, 0) is 18.2 Å². The minimum Gasteiger partial charge on any atom is -0.350 e. The Kier molecular flexibility index (Phi) is 4.11. The zero-order valence-electron chi connectivity index (χ0n) is 9.30. The molecule has 18 heavy (non-hydrogen) atoms. The highest BCUT2D eigenvalue weighted by atomic mass is 35.5. The van der Waals surface area contributed by atoms with Crippen LogP contribution in [0.3, 0.4) is 0 Å². The quantitative estimate of drug-likeness (QED) is 0.919. The van der Waals surface area contributed by atoms with Crippen molar-refractivity contribution in [2.45, 2.75) is 13.1 Å². The van der Waals surface area contributed by atoms with E-state index in [1.165, 1.54) is 28.3 Å². The molecule has 1 amide bonds. The lowest BCUT2D eigenvalue weighted by Gasteiger charge is -2.05. The number of carbonyl (C=O) groups is 1. The van der Waals surface area contributed by atoms with E-state index in [4.69, 9.17) is 11.6 Å². The van der Waals surface area contributed by atoms with Crippen molar-refractivity contribution in [3.05, 3.63) is 50.3 Å². The van der Waals surface area contributed by atoms with E-state index in [-0.39, 0.29) is 12.5 Å². The van der Waals surface area contributed by atoms with E-state index in [1.54, 1.807) is 12.1 Å². The summed E-state index contributed by atoms with van der Waals surface area (Å²) in [5.41, 5.74) is -0.438. The van der Waals surface area contributed by atoms with Crippen molar-refractivity contribution < 1.29 is 4.79 Å². The van der Waals surface area contributed by atoms with Crippen molar-refractivity contribution in [2.75, 3.05) is 0 Å². The molecule has 1 N–H and O–H groups in total. The van der Waals surface area contributed by atoms with Gasteiger partial charge in [0.15, 0.2) is 0 Å². The number of nitrogens with zero attached hydrogens (tertiary/aromatic N) is 2. The fourth-order valence-electron chi connectivity index (χ4n) is 1.35. The van der Waals surface area contributed by atoms with E-state index in [1.807, 2.05) is 6.07 Å². The third-order valence-corrected chi connectivity index (χ3v) is 3.42. The predicted molar refractivity (Wildman–Crippen MR) is 69.7 cm³/mol. The first-order chi connectivity index (χ1) is 8.65. The van der Waals surface area contributed by atoms with Crippen LogP contribution in [0.25, 0.3) is 0 Å². The average Bonchev–Trinajstić information content (AvgIpc) is 2.76. The first kappa shape index (κ1) is 12.8. The second kappa shape index (κ2) is 5.79. The van der Waals surface area contributed by atoms with Crippen molar-refractivity contribution in [1.82, 2.24) is 14.9 Å². The summed E-state index contributed by atoms with van der Waals surface area (Å²) < 4.78 is 1.93. The molecular formula is C11H10ClN3O2S. The lowest BCUT2D eigenvalue weighted by Crippen LogP contribution is -2.32. The molecule has 2 heterocycles. The van der Waals surface area contributed by atoms with E-state index in [2.05, 4.69) is 10.3 Å². The number of carbonyl (C=O) groups excluding carboxylic acids is 1. The summed E-state index contributed by atoms with van der Waals surface area (Å²) in [7, 11) is 0. The van der Waals surface area contributed by atoms with Gasteiger partial charge < -0.3 is 5.32 Å². The van der Waals surface area contributed by atoms with Crippen LogP contribution in [0.1, 0.15) is 4.88 Å². The van der Waals surface area contributed by atoms with E-state index >= 15 is 0 Å². The van der Waals surface area contributed by atoms with Crippen molar-refractivity contribution in [3.63, 3.8) is 0 Å². The summed E-state index contributed by atoms with van der Waals surface area (Å²) in [5.74, 6) is -0.241. The molecule has 0 atom stereocenters. The van der Waals surface area contributed by atoms with Crippen LogP contribution in [0.15, 0.2) is 35.4 Å². The van der Waals surface area contributed by atoms with Crippen LogP contribution in [0.2, 0.25) is 4.34 Å². The summed E-state index contributed by atoms with van der Waals surface area (Å²) in [6.45, 7) is 0.372. The molecule has 0 aliphatic heterocycles. The molecule has 0 aromatic carbocycles. The van der Waals surface area contributed by atoms with E-state index < -0.39 is 5.69 Å². The van der Waals surface area contributed by atoms with Crippen molar-refractivity contribution in [2.24, 2.45) is 0 Å². The molecule has 5 nitrogen and oxygen atoms in total. The Hall–Kier alpha value is -1.66. The number of thiophene rings is 1.